The Hall–Kier alpha value is -2.63. The van der Waals surface area contributed by atoms with Crippen molar-refractivity contribution in [2.75, 3.05) is 40.0 Å². The fourth-order valence-electron chi connectivity index (χ4n) is 5.00. The highest BCUT2D eigenvalue weighted by molar-refractivity contribution is 7.89. The molecule has 208 valence electrons. The number of amides is 1. The monoisotopic (exact) mass is 590 g/mol. The van der Waals surface area contributed by atoms with Crippen LogP contribution < -0.4 is 9.47 Å². The number of methoxy groups -OCH3 is 1. The summed E-state index contributed by atoms with van der Waals surface area (Å²) >= 11 is 7.66. The first-order chi connectivity index (χ1) is 18.8. The Labute approximate surface area is 238 Å². The summed E-state index contributed by atoms with van der Waals surface area (Å²) in [7, 11) is -2.37. The van der Waals surface area contributed by atoms with Gasteiger partial charge in [0.1, 0.15) is 18.1 Å². The number of nitrogens with zero attached hydrogens (tertiary/aromatic N) is 2. The minimum atomic E-state index is -3.97. The Kier molecular flexibility index (Phi) is 8.78. The second-order valence-electron chi connectivity index (χ2n) is 9.53. The number of ether oxygens (including phenoxy) is 3. The lowest BCUT2D eigenvalue weighted by molar-refractivity contribution is -0.135. The third kappa shape index (κ3) is 6.41. The predicted octanol–water partition coefficient (Wildman–Crippen LogP) is 4.78. The van der Waals surface area contributed by atoms with E-state index < -0.39 is 10.0 Å². The first kappa shape index (κ1) is 27.9. The molecule has 0 radical (unpaired) electrons. The van der Waals surface area contributed by atoms with Gasteiger partial charge in [-0.2, -0.15) is 4.31 Å². The summed E-state index contributed by atoms with van der Waals surface area (Å²) in [6, 6.07) is 15.0. The quantitative estimate of drug-likeness (QED) is 0.338. The van der Waals surface area contributed by atoms with Crippen molar-refractivity contribution in [2.45, 2.75) is 36.3 Å². The number of halogens is 1. The molecule has 0 saturated carbocycles. The molecule has 2 aliphatic rings. The summed E-state index contributed by atoms with van der Waals surface area (Å²) in [6.07, 6.45) is 2.07. The fourth-order valence-corrected chi connectivity index (χ4v) is 7.48. The van der Waals surface area contributed by atoms with Crippen molar-refractivity contribution in [3.05, 3.63) is 75.4 Å². The Morgan fingerprint density at radius 3 is 2.72 bits per heavy atom. The number of thiophene rings is 1. The highest BCUT2D eigenvalue weighted by Crippen LogP contribution is 2.34. The van der Waals surface area contributed by atoms with Gasteiger partial charge < -0.3 is 19.1 Å². The van der Waals surface area contributed by atoms with Crippen LogP contribution in [0, 0.1) is 0 Å². The molecular formula is C28H31ClN2O6S2. The highest BCUT2D eigenvalue weighted by Gasteiger charge is 2.36. The molecule has 2 aromatic carbocycles. The van der Waals surface area contributed by atoms with E-state index in [2.05, 4.69) is 0 Å². The lowest BCUT2D eigenvalue weighted by Crippen LogP contribution is -2.49. The first-order valence-electron chi connectivity index (χ1n) is 12.8. The van der Waals surface area contributed by atoms with Crippen LogP contribution in [0.3, 0.4) is 0 Å². The molecule has 1 amide bonds. The van der Waals surface area contributed by atoms with Gasteiger partial charge in [-0.05, 0) is 72.7 Å². The molecule has 11 heteroatoms. The van der Waals surface area contributed by atoms with E-state index in [9.17, 15) is 13.2 Å². The minimum absolute atomic E-state index is 0.0920. The maximum absolute atomic E-state index is 13.9. The number of carbonyl (C=O) groups excluding carboxylic acids is 1. The molecule has 3 aromatic rings. The lowest BCUT2D eigenvalue weighted by Gasteiger charge is -2.37. The summed E-state index contributed by atoms with van der Waals surface area (Å²) in [5.41, 5.74) is 1.04. The number of rotatable bonds is 10. The van der Waals surface area contributed by atoms with Gasteiger partial charge in [0.2, 0.25) is 15.9 Å². The maximum atomic E-state index is 13.9. The van der Waals surface area contributed by atoms with E-state index in [1.165, 1.54) is 33.4 Å². The van der Waals surface area contributed by atoms with Crippen LogP contribution in [0.5, 0.6) is 11.5 Å². The van der Waals surface area contributed by atoms with E-state index in [0.29, 0.717) is 36.1 Å². The molecule has 1 saturated heterocycles. The normalized spacial score (nSPS) is 19.2. The maximum Gasteiger partial charge on any atom is 0.243 e. The molecule has 3 heterocycles. The topological polar surface area (TPSA) is 85.4 Å². The molecule has 2 atom stereocenters. The van der Waals surface area contributed by atoms with Crippen molar-refractivity contribution in [3.63, 3.8) is 0 Å². The summed E-state index contributed by atoms with van der Waals surface area (Å²) in [6.45, 7) is 1.12. The van der Waals surface area contributed by atoms with Crippen molar-refractivity contribution in [3.8, 4) is 11.5 Å². The zero-order chi connectivity index (χ0) is 27.4. The standard InChI is InChI=1S/C28H31ClN2O6S2/c1-35-21-4-2-5-22(16-21)37-19-26-25-12-15-38-27(25)11-13-31(26)28(32)18-30(17-23-6-3-14-36-23)39(33,34)24-9-7-20(29)8-10-24/h2,4-5,7-10,12,15-16,23,26H,3,6,11,13-14,17-19H2,1H3. The van der Waals surface area contributed by atoms with Crippen LogP contribution in [0.2, 0.25) is 5.02 Å². The van der Waals surface area contributed by atoms with Crippen LogP contribution in [0.15, 0.2) is 64.9 Å². The zero-order valence-electron chi connectivity index (χ0n) is 21.6. The summed E-state index contributed by atoms with van der Waals surface area (Å²) in [5, 5.41) is 2.46. The van der Waals surface area contributed by atoms with Crippen molar-refractivity contribution >= 4 is 38.9 Å². The Morgan fingerprint density at radius 1 is 1.18 bits per heavy atom. The zero-order valence-corrected chi connectivity index (χ0v) is 24.0. The largest absolute Gasteiger partial charge is 0.497 e. The van der Waals surface area contributed by atoms with Crippen molar-refractivity contribution < 1.29 is 27.4 Å². The number of carbonyl (C=O) groups is 1. The Bertz CT molecular complexity index is 1390. The van der Waals surface area contributed by atoms with Crippen molar-refractivity contribution in [2.24, 2.45) is 0 Å². The smallest absolute Gasteiger partial charge is 0.243 e. The Balaban J connectivity index is 1.38. The molecular weight excluding hydrogens is 560 g/mol. The summed E-state index contributed by atoms with van der Waals surface area (Å²) < 4.78 is 45.8. The van der Waals surface area contributed by atoms with Gasteiger partial charge in [0.15, 0.2) is 0 Å². The SMILES string of the molecule is COc1cccc(OCC2c3ccsc3CCN2C(=O)CN(CC2CCCO2)S(=O)(=O)c2ccc(Cl)cc2)c1. The molecule has 0 N–H and O–H groups in total. The van der Waals surface area contributed by atoms with Gasteiger partial charge in [-0.15, -0.1) is 11.3 Å². The number of hydrogen-bond acceptors (Lipinski definition) is 7. The molecule has 8 nitrogen and oxygen atoms in total. The molecule has 39 heavy (non-hydrogen) atoms. The second kappa shape index (κ2) is 12.3. The number of fused-ring (bicyclic) bond motifs is 1. The van der Waals surface area contributed by atoms with Gasteiger partial charge >= 0.3 is 0 Å². The van der Waals surface area contributed by atoms with E-state index in [1.54, 1.807) is 29.4 Å². The van der Waals surface area contributed by atoms with E-state index in [-0.39, 0.29) is 42.6 Å². The predicted molar refractivity (Wildman–Crippen MR) is 150 cm³/mol. The Morgan fingerprint density at radius 2 is 1.97 bits per heavy atom. The highest BCUT2D eigenvalue weighted by atomic mass is 35.5. The lowest BCUT2D eigenvalue weighted by atomic mass is 10.0. The summed E-state index contributed by atoms with van der Waals surface area (Å²) in [4.78, 5) is 16.9. The molecule has 1 aromatic heterocycles. The van der Waals surface area contributed by atoms with Gasteiger partial charge in [0, 0.05) is 35.7 Å². The number of hydrogen-bond donors (Lipinski definition) is 0. The number of benzene rings is 2. The van der Waals surface area contributed by atoms with Crippen LogP contribution in [0.4, 0.5) is 0 Å². The van der Waals surface area contributed by atoms with Crippen LogP contribution >= 0.6 is 22.9 Å². The molecule has 0 bridgehead atoms. The fraction of sp³-hybridized carbons (Fsp3) is 0.393. The molecule has 2 unspecified atom stereocenters. The van der Waals surface area contributed by atoms with Crippen LogP contribution in [0.25, 0.3) is 0 Å². The number of sulfonamides is 1. The third-order valence-corrected chi connectivity index (χ3v) is 10.1. The van der Waals surface area contributed by atoms with E-state index in [0.717, 1.165) is 18.4 Å². The summed E-state index contributed by atoms with van der Waals surface area (Å²) in [5.74, 6) is 1.04. The van der Waals surface area contributed by atoms with Crippen LogP contribution in [0.1, 0.15) is 29.3 Å². The van der Waals surface area contributed by atoms with Gasteiger partial charge in [-0.25, -0.2) is 8.42 Å². The van der Waals surface area contributed by atoms with E-state index in [4.69, 9.17) is 25.8 Å². The average molecular weight is 591 g/mol. The van der Waals surface area contributed by atoms with Crippen molar-refractivity contribution in [1.29, 1.82) is 0 Å². The molecule has 5 rings (SSSR count). The van der Waals surface area contributed by atoms with Gasteiger partial charge in [-0.3, -0.25) is 4.79 Å². The van der Waals surface area contributed by atoms with Crippen LogP contribution in [-0.4, -0.2) is 69.6 Å². The van der Waals surface area contributed by atoms with Crippen molar-refractivity contribution in [1.82, 2.24) is 9.21 Å². The molecule has 1 fully saturated rings. The van der Waals surface area contributed by atoms with Gasteiger partial charge in [0.25, 0.3) is 0 Å². The van der Waals surface area contributed by atoms with Crippen LogP contribution in [-0.2, 0) is 26.0 Å². The average Bonchev–Trinajstić information content (AvgIpc) is 3.64. The minimum Gasteiger partial charge on any atom is -0.497 e. The molecule has 0 spiro atoms. The first-order valence-corrected chi connectivity index (χ1v) is 15.5. The van der Waals surface area contributed by atoms with E-state index >= 15 is 0 Å². The molecule has 0 aliphatic carbocycles. The van der Waals surface area contributed by atoms with E-state index in [1.807, 2.05) is 29.6 Å². The van der Waals surface area contributed by atoms with Gasteiger partial charge in [0.05, 0.1) is 30.7 Å². The second-order valence-corrected chi connectivity index (χ2v) is 12.9. The molecule has 2 aliphatic heterocycles. The van der Waals surface area contributed by atoms with Gasteiger partial charge in [-0.1, -0.05) is 17.7 Å². The third-order valence-electron chi connectivity index (χ3n) is 7.06.